The molecule has 4 rings (SSSR count). The fourth-order valence-corrected chi connectivity index (χ4v) is 4.41. The molecular formula is C27H34N4O2. The molecule has 0 radical (unpaired) electrons. The predicted molar refractivity (Wildman–Crippen MR) is 132 cm³/mol. The van der Waals surface area contributed by atoms with E-state index in [1.807, 2.05) is 37.3 Å². The molecule has 3 aromatic rings. The third-order valence-electron chi connectivity index (χ3n) is 6.09. The molecule has 1 aliphatic rings. The second kappa shape index (κ2) is 10.8. The molecule has 174 valence electrons. The number of piperazine rings is 1. The third-order valence-corrected chi connectivity index (χ3v) is 6.09. The van der Waals surface area contributed by atoms with Crippen molar-refractivity contribution in [1.82, 2.24) is 14.9 Å². The van der Waals surface area contributed by atoms with Crippen LogP contribution < -0.4 is 9.64 Å². The van der Waals surface area contributed by atoms with Gasteiger partial charge >= 0.3 is 0 Å². The molecule has 0 spiro atoms. The van der Waals surface area contributed by atoms with Crippen molar-refractivity contribution >= 4 is 5.82 Å². The lowest BCUT2D eigenvalue weighted by molar-refractivity contribution is 0.0662. The van der Waals surface area contributed by atoms with Gasteiger partial charge in [-0.25, -0.2) is 9.97 Å². The first-order chi connectivity index (χ1) is 16.0. The minimum atomic E-state index is -0.517. The number of ether oxygens (including phenoxy) is 1. The van der Waals surface area contributed by atoms with Gasteiger partial charge in [-0.15, -0.1) is 0 Å². The Morgan fingerprint density at radius 3 is 2.42 bits per heavy atom. The minimum absolute atomic E-state index is 0.301. The van der Waals surface area contributed by atoms with E-state index in [-0.39, 0.29) is 0 Å². The molecule has 1 saturated heterocycles. The second-order valence-electron chi connectivity index (χ2n) is 8.89. The van der Waals surface area contributed by atoms with E-state index in [1.54, 1.807) is 0 Å². The van der Waals surface area contributed by atoms with Crippen LogP contribution in [0.1, 0.15) is 28.2 Å². The molecule has 2 heterocycles. The Bertz CT molecular complexity index is 1050. The zero-order valence-corrected chi connectivity index (χ0v) is 19.9. The number of aromatic nitrogens is 2. The monoisotopic (exact) mass is 446 g/mol. The number of aliphatic hydroxyl groups is 1. The summed E-state index contributed by atoms with van der Waals surface area (Å²) in [4.78, 5) is 14.2. The van der Waals surface area contributed by atoms with Crippen molar-refractivity contribution in [3.05, 3.63) is 82.8 Å². The van der Waals surface area contributed by atoms with Gasteiger partial charge in [0, 0.05) is 50.4 Å². The van der Waals surface area contributed by atoms with Gasteiger partial charge in [0.15, 0.2) is 0 Å². The lowest BCUT2D eigenvalue weighted by atomic mass is 10.0. The van der Waals surface area contributed by atoms with Crippen LogP contribution in [0.25, 0.3) is 0 Å². The van der Waals surface area contributed by atoms with Gasteiger partial charge in [-0.1, -0.05) is 48.0 Å². The van der Waals surface area contributed by atoms with Crippen molar-refractivity contribution < 1.29 is 9.84 Å². The highest BCUT2D eigenvalue weighted by Crippen LogP contribution is 2.25. The molecule has 0 bridgehead atoms. The minimum Gasteiger partial charge on any atom is -0.491 e. The zero-order chi connectivity index (χ0) is 23.2. The Labute approximate surface area is 196 Å². The number of nitrogens with zero attached hydrogens (tertiary/aromatic N) is 4. The van der Waals surface area contributed by atoms with E-state index in [4.69, 9.17) is 9.72 Å². The molecule has 1 fully saturated rings. The number of aliphatic hydroxyl groups excluding tert-OH is 1. The average Bonchev–Trinajstić information content (AvgIpc) is 2.81. The summed E-state index contributed by atoms with van der Waals surface area (Å²) in [7, 11) is 0. The number of rotatable bonds is 8. The molecule has 1 atom stereocenters. The highest BCUT2D eigenvalue weighted by Gasteiger charge is 2.23. The molecule has 0 aliphatic carbocycles. The van der Waals surface area contributed by atoms with Crippen LogP contribution in [0, 0.1) is 20.8 Å². The summed E-state index contributed by atoms with van der Waals surface area (Å²) in [6.45, 7) is 10.6. The Hall–Kier alpha value is -2.96. The highest BCUT2D eigenvalue weighted by atomic mass is 16.5. The molecule has 33 heavy (non-hydrogen) atoms. The standard InChI is InChI=1S/C27H34N4O2/c1-20-8-7-9-23(16-20)17-26-21(2)28-22(3)29-27(26)31-14-12-30(13-15-31)18-24(32)19-33-25-10-5-4-6-11-25/h4-11,16,24,32H,12-15,17-19H2,1-3H3. The van der Waals surface area contributed by atoms with Crippen molar-refractivity contribution in [3.8, 4) is 5.75 Å². The van der Waals surface area contributed by atoms with Crippen molar-refractivity contribution in [1.29, 1.82) is 0 Å². The average molecular weight is 447 g/mol. The van der Waals surface area contributed by atoms with Gasteiger partial charge in [0.2, 0.25) is 0 Å². The number of aryl methyl sites for hydroxylation is 3. The maximum atomic E-state index is 10.4. The molecule has 0 saturated carbocycles. The van der Waals surface area contributed by atoms with E-state index in [0.717, 1.165) is 55.7 Å². The van der Waals surface area contributed by atoms with E-state index < -0.39 is 6.10 Å². The fourth-order valence-electron chi connectivity index (χ4n) is 4.41. The van der Waals surface area contributed by atoms with E-state index in [2.05, 4.69) is 52.9 Å². The van der Waals surface area contributed by atoms with Crippen LogP contribution in [0.2, 0.25) is 0 Å². The summed E-state index contributed by atoms with van der Waals surface area (Å²) < 4.78 is 5.70. The molecular weight excluding hydrogens is 412 g/mol. The van der Waals surface area contributed by atoms with Crippen LogP contribution in [0.15, 0.2) is 54.6 Å². The Morgan fingerprint density at radius 2 is 1.70 bits per heavy atom. The normalized spacial score (nSPS) is 15.5. The van der Waals surface area contributed by atoms with Crippen LogP contribution >= 0.6 is 0 Å². The van der Waals surface area contributed by atoms with Gasteiger partial charge in [0.1, 0.15) is 30.1 Å². The Kier molecular flexibility index (Phi) is 7.57. The lowest BCUT2D eigenvalue weighted by Crippen LogP contribution is -2.49. The van der Waals surface area contributed by atoms with Crippen LogP contribution in [-0.4, -0.2) is 65.4 Å². The van der Waals surface area contributed by atoms with E-state index >= 15 is 0 Å². The first-order valence-electron chi connectivity index (χ1n) is 11.7. The number of hydrogen-bond donors (Lipinski definition) is 1. The lowest BCUT2D eigenvalue weighted by Gasteiger charge is -2.37. The highest BCUT2D eigenvalue weighted by molar-refractivity contribution is 5.52. The smallest absolute Gasteiger partial charge is 0.136 e. The van der Waals surface area contributed by atoms with Crippen LogP contribution in [0.4, 0.5) is 5.82 Å². The quantitative estimate of drug-likeness (QED) is 0.571. The third kappa shape index (κ3) is 6.30. The summed E-state index contributed by atoms with van der Waals surface area (Å²) in [5.41, 5.74) is 4.81. The molecule has 1 aromatic heterocycles. The second-order valence-corrected chi connectivity index (χ2v) is 8.89. The fraction of sp³-hybridized carbons (Fsp3) is 0.407. The summed E-state index contributed by atoms with van der Waals surface area (Å²) in [6, 6.07) is 18.3. The van der Waals surface area contributed by atoms with E-state index in [9.17, 15) is 5.11 Å². The van der Waals surface area contributed by atoms with Gasteiger partial charge in [-0.3, -0.25) is 4.90 Å². The molecule has 1 unspecified atom stereocenters. The van der Waals surface area contributed by atoms with E-state index in [1.165, 1.54) is 16.7 Å². The molecule has 0 amide bonds. The number of para-hydroxylation sites is 1. The largest absolute Gasteiger partial charge is 0.491 e. The summed E-state index contributed by atoms with van der Waals surface area (Å²) in [6.07, 6.45) is 0.316. The first kappa shape index (κ1) is 23.2. The SMILES string of the molecule is Cc1cccc(Cc2c(C)nc(C)nc2N2CCN(CC(O)COc3ccccc3)CC2)c1. The predicted octanol–water partition coefficient (Wildman–Crippen LogP) is 3.55. The van der Waals surface area contributed by atoms with Crippen molar-refractivity contribution in [3.63, 3.8) is 0 Å². The Balaban J connectivity index is 1.37. The molecule has 1 aliphatic heterocycles. The van der Waals surface area contributed by atoms with Crippen molar-refractivity contribution in [2.45, 2.75) is 33.3 Å². The maximum absolute atomic E-state index is 10.4. The summed E-state index contributed by atoms with van der Waals surface area (Å²) >= 11 is 0. The molecule has 6 nitrogen and oxygen atoms in total. The topological polar surface area (TPSA) is 61.7 Å². The number of hydrogen-bond acceptors (Lipinski definition) is 6. The first-order valence-corrected chi connectivity index (χ1v) is 11.7. The molecule has 2 aromatic carbocycles. The maximum Gasteiger partial charge on any atom is 0.136 e. The molecule has 6 heteroatoms. The van der Waals surface area contributed by atoms with Crippen LogP contribution in [0.3, 0.4) is 0 Å². The Morgan fingerprint density at radius 1 is 0.939 bits per heavy atom. The van der Waals surface area contributed by atoms with E-state index in [0.29, 0.717) is 13.2 Å². The van der Waals surface area contributed by atoms with Gasteiger partial charge < -0.3 is 14.7 Å². The molecule has 1 N–H and O–H groups in total. The number of benzene rings is 2. The van der Waals surface area contributed by atoms with Gasteiger partial charge in [-0.05, 0) is 38.5 Å². The summed E-state index contributed by atoms with van der Waals surface area (Å²) in [5, 5.41) is 10.4. The summed E-state index contributed by atoms with van der Waals surface area (Å²) in [5.74, 6) is 2.65. The van der Waals surface area contributed by atoms with Crippen LogP contribution in [0.5, 0.6) is 5.75 Å². The van der Waals surface area contributed by atoms with Gasteiger partial charge in [-0.2, -0.15) is 0 Å². The van der Waals surface area contributed by atoms with Crippen molar-refractivity contribution in [2.24, 2.45) is 0 Å². The number of β-amino-alcohol motifs (C(OH)–C–C–N with tert-alkyl or cyclic N) is 1. The van der Waals surface area contributed by atoms with Gasteiger partial charge in [0.25, 0.3) is 0 Å². The van der Waals surface area contributed by atoms with Crippen molar-refractivity contribution in [2.75, 3.05) is 44.2 Å². The van der Waals surface area contributed by atoms with Gasteiger partial charge in [0.05, 0.1) is 0 Å². The van der Waals surface area contributed by atoms with Crippen LogP contribution in [-0.2, 0) is 6.42 Å². The number of anilines is 1. The zero-order valence-electron chi connectivity index (χ0n) is 19.9.